The fraction of sp³-hybridized carbons (Fsp3) is 0.500. The number of benzene rings is 2. The molecule has 0 aromatic heterocycles. The van der Waals surface area contributed by atoms with E-state index in [4.69, 9.17) is 18.9 Å². The van der Waals surface area contributed by atoms with Crippen molar-refractivity contribution in [2.45, 2.75) is 52.5 Å². The number of hydrogen-bond acceptors (Lipinski definition) is 8. The lowest BCUT2D eigenvalue weighted by molar-refractivity contribution is -0.140. The molecule has 1 amide bonds. The molecule has 0 bridgehead atoms. The van der Waals surface area contributed by atoms with Crippen LogP contribution in [0.2, 0.25) is 0 Å². The van der Waals surface area contributed by atoms with Crippen molar-refractivity contribution in [1.82, 2.24) is 9.80 Å². The number of rotatable bonds is 14. The molecule has 0 spiro atoms. The molecule has 4 rings (SSSR count). The van der Waals surface area contributed by atoms with Crippen molar-refractivity contribution >= 4 is 17.4 Å². The van der Waals surface area contributed by atoms with Crippen molar-refractivity contribution in [3.63, 3.8) is 0 Å². The smallest absolute Gasteiger partial charge is 0.295 e. The van der Waals surface area contributed by atoms with E-state index >= 15 is 0 Å². The van der Waals surface area contributed by atoms with Crippen molar-refractivity contribution in [3.8, 4) is 23.0 Å². The SMILES string of the molecule is CCCCCOc1ccc([C@H]2/C(=C(\O)c3ccc4c(c3)OCCO4)C(=O)C(=O)N2CCCN(CC)CC)cc1OC. The van der Waals surface area contributed by atoms with Crippen LogP contribution in [0.25, 0.3) is 5.76 Å². The molecule has 0 aliphatic carbocycles. The highest BCUT2D eigenvalue weighted by molar-refractivity contribution is 6.46. The van der Waals surface area contributed by atoms with Gasteiger partial charge in [0.15, 0.2) is 23.0 Å². The summed E-state index contributed by atoms with van der Waals surface area (Å²) in [6.07, 6.45) is 3.78. The second-order valence-electron chi connectivity index (χ2n) is 10.2. The van der Waals surface area contributed by atoms with Crippen molar-refractivity contribution in [2.24, 2.45) is 0 Å². The number of Topliss-reactive ketones (excluding diaryl/α,β-unsaturated/α-hetero) is 1. The second-order valence-corrected chi connectivity index (χ2v) is 10.2. The highest BCUT2D eigenvalue weighted by Crippen LogP contribution is 2.43. The summed E-state index contributed by atoms with van der Waals surface area (Å²) >= 11 is 0. The average molecular weight is 567 g/mol. The topological polar surface area (TPSA) is 97.8 Å². The first-order valence-electron chi connectivity index (χ1n) is 14.6. The minimum Gasteiger partial charge on any atom is -0.507 e. The van der Waals surface area contributed by atoms with Crippen LogP contribution < -0.4 is 18.9 Å². The fourth-order valence-electron chi connectivity index (χ4n) is 5.32. The molecule has 0 saturated carbocycles. The molecule has 1 saturated heterocycles. The largest absolute Gasteiger partial charge is 0.507 e. The molecule has 2 aromatic rings. The molecule has 9 nitrogen and oxygen atoms in total. The normalized spacial score (nSPS) is 17.8. The first-order chi connectivity index (χ1) is 19.9. The molecule has 222 valence electrons. The molecule has 2 heterocycles. The quantitative estimate of drug-likeness (QED) is 0.144. The number of aliphatic hydroxyl groups is 1. The Morgan fingerprint density at radius 3 is 2.44 bits per heavy atom. The number of unbranched alkanes of at least 4 members (excludes halogenated alkanes) is 2. The summed E-state index contributed by atoms with van der Waals surface area (Å²) in [5.41, 5.74) is 1.07. The van der Waals surface area contributed by atoms with Crippen LogP contribution in [0.15, 0.2) is 42.0 Å². The Kier molecular flexibility index (Phi) is 10.5. The number of amides is 1. The van der Waals surface area contributed by atoms with E-state index in [-0.39, 0.29) is 11.3 Å². The Morgan fingerprint density at radius 2 is 1.73 bits per heavy atom. The van der Waals surface area contributed by atoms with Crippen LogP contribution in [0, 0.1) is 0 Å². The zero-order chi connectivity index (χ0) is 29.4. The number of likely N-dealkylation sites (tertiary alicyclic amines) is 1. The predicted octanol–water partition coefficient (Wildman–Crippen LogP) is 5.19. The van der Waals surface area contributed by atoms with Gasteiger partial charge in [-0.05, 0) is 68.4 Å². The van der Waals surface area contributed by atoms with E-state index in [1.54, 1.807) is 42.3 Å². The van der Waals surface area contributed by atoms with E-state index in [0.717, 1.165) is 38.9 Å². The Balaban J connectivity index is 1.73. The number of methoxy groups -OCH3 is 1. The van der Waals surface area contributed by atoms with Crippen molar-refractivity contribution in [1.29, 1.82) is 0 Å². The molecule has 1 atom stereocenters. The van der Waals surface area contributed by atoms with Gasteiger partial charge in [-0.2, -0.15) is 0 Å². The third kappa shape index (κ3) is 6.78. The zero-order valence-corrected chi connectivity index (χ0v) is 24.6. The molecular formula is C32H42N2O7. The maximum atomic E-state index is 13.5. The molecule has 2 aliphatic rings. The molecule has 0 radical (unpaired) electrons. The maximum absolute atomic E-state index is 13.5. The van der Waals surface area contributed by atoms with Crippen molar-refractivity contribution < 1.29 is 33.6 Å². The van der Waals surface area contributed by atoms with Gasteiger partial charge in [-0.1, -0.05) is 39.7 Å². The van der Waals surface area contributed by atoms with E-state index < -0.39 is 17.7 Å². The summed E-state index contributed by atoms with van der Waals surface area (Å²) in [6, 6.07) is 9.66. The number of hydrogen-bond donors (Lipinski definition) is 1. The summed E-state index contributed by atoms with van der Waals surface area (Å²) in [6.45, 7) is 10.7. The van der Waals surface area contributed by atoms with Gasteiger partial charge in [-0.3, -0.25) is 9.59 Å². The van der Waals surface area contributed by atoms with Gasteiger partial charge in [0.2, 0.25) is 0 Å². The van der Waals surface area contributed by atoms with Crippen LogP contribution in [-0.2, 0) is 9.59 Å². The van der Waals surface area contributed by atoms with Crippen molar-refractivity contribution in [3.05, 3.63) is 53.1 Å². The Labute approximate surface area is 242 Å². The second kappa shape index (κ2) is 14.3. The minimum absolute atomic E-state index is 0.0354. The lowest BCUT2D eigenvalue weighted by atomic mass is 9.94. The van der Waals surface area contributed by atoms with Crippen LogP contribution >= 0.6 is 0 Å². The lowest BCUT2D eigenvalue weighted by Gasteiger charge is -2.27. The first kappa shape index (κ1) is 30.2. The number of carbonyl (C=O) groups excluding carboxylic acids is 2. The van der Waals surface area contributed by atoms with Gasteiger partial charge < -0.3 is 33.9 Å². The minimum atomic E-state index is -0.789. The summed E-state index contributed by atoms with van der Waals surface area (Å²) in [5, 5.41) is 11.5. The van der Waals surface area contributed by atoms with E-state index in [1.165, 1.54) is 0 Å². The number of carbonyl (C=O) groups is 2. The van der Waals surface area contributed by atoms with Crippen LogP contribution in [0.1, 0.15) is 63.6 Å². The van der Waals surface area contributed by atoms with Crippen LogP contribution in [-0.4, -0.2) is 79.7 Å². The monoisotopic (exact) mass is 566 g/mol. The van der Waals surface area contributed by atoms with Gasteiger partial charge in [0.1, 0.15) is 19.0 Å². The fourth-order valence-corrected chi connectivity index (χ4v) is 5.32. The molecule has 1 N–H and O–H groups in total. The Hall–Kier alpha value is -3.72. The summed E-state index contributed by atoms with van der Waals surface area (Å²) in [5.74, 6) is 0.550. The number of fused-ring (bicyclic) bond motifs is 1. The number of ether oxygens (including phenoxy) is 4. The van der Waals surface area contributed by atoms with Crippen molar-refractivity contribution in [2.75, 3.05) is 53.1 Å². The number of aliphatic hydroxyl groups excluding tert-OH is 1. The first-order valence-corrected chi connectivity index (χ1v) is 14.6. The number of ketones is 1. The average Bonchev–Trinajstić information content (AvgIpc) is 3.25. The van der Waals surface area contributed by atoms with E-state index in [1.807, 2.05) is 6.07 Å². The molecule has 1 fully saturated rings. The summed E-state index contributed by atoms with van der Waals surface area (Å²) in [4.78, 5) is 30.8. The summed E-state index contributed by atoms with van der Waals surface area (Å²) < 4.78 is 22.9. The van der Waals surface area contributed by atoms with E-state index in [9.17, 15) is 14.7 Å². The highest BCUT2D eigenvalue weighted by atomic mass is 16.6. The zero-order valence-electron chi connectivity index (χ0n) is 24.6. The van der Waals surface area contributed by atoms with Gasteiger partial charge in [0.05, 0.1) is 25.3 Å². The Bertz CT molecular complexity index is 1250. The van der Waals surface area contributed by atoms with E-state index in [2.05, 4.69) is 25.7 Å². The van der Waals surface area contributed by atoms with E-state index in [0.29, 0.717) is 66.9 Å². The molecule has 0 unspecified atom stereocenters. The van der Waals surface area contributed by atoms with Gasteiger partial charge >= 0.3 is 0 Å². The van der Waals surface area contributed by atoms with Gasteiger partial charge in [0, 0.05) is 12.1 Å². The van der Waals surface area contributed by atoms with Crippen LogP contribution in [0.5, 0.6) is 23.0 Å². The standard InChI is InChI=1S/C32H42N2O7/c1-5-8-9-17-39-24-13-11-22(20-26(24)38-4)29-28(30(35)23-12-14-25-27(21-23)41-19-18-40-25)31(36)32(37)34(29)16-10-15-33(6-2)7-3/h11-14,20-21,29,35H,5-10,15-19H2,1-4H3/b30-28+/t29-/m0/s1. The Morgan fingerprint density at radius 1 is 0.976 bits per heavy atom. The lowest BCUT2D eigenvalue weighted by Crippen LogP contribution is -2.33. The van der Waals surface area contributed by atoms with Crippen LogP contribution in [0.3, 0.4) is 0 Å². The predicted molar refractivity (Wildman–Crippen MR) is 157 cm³/mol. The molecule has 9 heteroatoms. The number of nitrogens with zero attached hydrogens (tertiary/aromatic N) is 2. The van der Waals surface area contributed by atoms with Gasteiger partial charge in [-0.25, -0.2) is 0 Å². The molecular weight excluding hydrogens is 524 g/mol. The molecule has 41 heavy (non-hydrogen) atoms. The van der Waals surface area contributed by atoms with Gasteiger partial charge in [0.25, 0.3) is 11.7 Å². The maximum Gasteiger partial charge on any atom is 0.295 e. The van der Waals surface area contributed by atoms with Gasteiger partial charge in [-0.15, -0.1) is 0 Å². The third-order valence-corrected chi connectivity index (χ3v) is 7.63. The third-order valence-electron chi connectivity index (χ3n) is 7.63. The summed E-state index contributed by atoms with van der Waals surface area (Å²) in [7, 11) is 1.56. The van der Waals surface area contributed by atoms with Crippen LogP contribution in [0.4, 0.5) is 0 Å². The molecule has 2 aliphatic heterocycles. The molecule has 2 aromatic carbocycles. The highest BCUT2D eigenvalue weighted by Gasteiger charge is 2.46.